The summed E-state index contributed by atoms with van der Waals surface area (Å²) in [6.45, 7) is -0.589. The van der Waals surface area contributed by atoms with Crippen LogP contribution in [-0.2, 0) is 0 Å². The second-order valence-corrected chi connectivity index (χ2v) is 16.6. The van der Waals surface area contributed by atoms with Crippen LogP contribution in [0.25, 0.3) is 49.3 Å². The minimum atomic E-state index is -0.589. The average Bonchev–Trinajstić information content (AvgIpc) is 3.90. The minimum Gasteiger partial charge on any atom is -0.374 e. The molecule has 8 nitrogen and oxygen atoms in total. The van der Waals surface area contributed by atoms with Gasteiger partial charge in [0, 0.05) is 61.4 Å². The molecule has 1 aliphatic heterocycles. The van der Waals surface area contributed by atoms with Crippen LogP contribution in [0.2, 0.25) is 0 Å². The summed E-state index contributed by atoms with van der Waals surface area (Å²) in [7, 11) is 0. The van der Waals surface area contributed by atoms with E-state index in [0.29, 0.717) is 44.1 Å². The number of anilines is 6. The molecule has 11 aromatic rings. The number of fused-ring (bicyclic) bond motifs is 8. The van der Waals surface area contributed by atoms with Crippen LogP contribution in [0.5, 0.6) is 0 Å². The van der Waals surface area contributed by atoms with Crippen molar-refractivity contribution in [1.82, 2.24) is 9.05 Å². The number of aromatic nitrogens is 2. The van der Waals surface area contributed by atoms with Crippen molar-refractivity contribution < 1.29 is 0 Å². The van der Waals surface area contributed by atoms with Gasteiger partial charge in [-0.25, -0.2) is 0 Å². The predicted octanol–water partition coefficient (Wildman–Crippen LogP) is 12.3. The van der Waals surface area contributed by atoms with Gasteiger partial charge in [0.15, 0.2) is 0 Å². The normalized spacial score (nSPS) is 11.5. The van der Waals surface area contributed by atoms with E-state index < -0.39 is 6.85 Å². The van der Waals surface area contributed by atoms with Crippen molar-refractivity contribution in [2.75, 3.05) is 9.80 Å². The molecule has 9 aromatic carbocycles. The second-order valence-electron chi connectivity index (χ2n) is 16.6. The van der Waals surface area contributed by atoms with Gasteiger partial charge in [-0.05, 0) is 120 Å². The lowest BCUT2D eigenvalue weighted by molar-refractivity contribution is 1.17. The van der Waals surface area contributed by atoms with Gasteiger partial charge in [0.2, 0.25) is 0 Å². The Kier molecular flexibility index (Phi) is 8.97. The van der Waals surface area contributed by atoms with Gasteiger partial charge in [-0.2, -0.15) is 21.0 Å². The lowest BCUT2D eigenvalue weighted by Crippen LogP contribution is -2.53. The summed E-state index contributed by atoms with van der Waals surface area (Å²) in [4.78, 5) is 4.55. The third-order valence-corrected chi connectivity index (χ3v) is 12.9. The Morgan fingerprint density at radius 3 is 1.30 bits per heavy atom. The molecular formula is C58H33BN8. The van der Waals surface area contributed by atoms with Crippen LogP contribution >= 0.6 is 0 Å². The molecule has 0 atom stereocenters. The first-order chi connectivity index (χ1) is 33.1. The van der Waals surface area contributed by atoms with E-state index in [1.807, 2.05) is 60.7 Å². The zero-order valence-electron chi connectivity index (χ0n) is 35.7. The highest BCUT2D eigenvalue weighted by molar-refractivity contribution is 6.88. The largest absolute Gasteiger partial charge is 0.374 e. The number of nitriles is 4. The molecule has 0 amide bonds. The van der Waals surface area contributed by atoms with Crippen LogP contribution in [0, 0.1) is 45.3 Å². The molecule has 0 N–H and O–H groups in total. The maximum absolute atomic E-state index is 10.9. The number of hydrogen-bond acceptors (Lipinski definition) is 6. The summed E-state index contributed by atoms with van der Waals surface area (Å²) < 4.78 is 4.48. The lowest BCUT2D eigenvalue weighted by atomic mass is 9.48. The first kappa shape index (κ1) is 38.8. The minimum absolute atomic E-state index is 0.297. The van der Waals surface area contributed by atoms with Gasteiger partial charge in [-0.15, -0.1) is 0 Å². The molecule has 3 heterocycles. The highest BCUT2D eigenvalue weighted by Crippen LogP contribution is 2.44. The number of nitrogens with zero attached hydrogens (tertiary/aromatic N) is 8. The summed E-state index contributed by atoms with van der Waals surface area (Å²) in [6.07, 6.45) is 0. The van der Waals surface area contributed by atoms with E-state index in [-0.39, 0.29) is 0 Å². The Bertz CT molecular complexity index is 3810. The molecule has 308 valence electrons. The van der Waals surface area contributed by atoms with Gasteiger partial charge >= 0.3 is 6.85 Å². The van der Waals surface area contributed by atoms with E-state index in [9.17, 15) is 21.0 Å². The van der Waals surface area contributed by atoms with Gasteiger partial charge in [-0.3, -0.25) is 0 Å². The number of hydrogen-bond donors (Lipinski definition) is 0. The summed E-state index contributed by atoms with van der Waals surface area (Å²) in [5.74, 6) is 0. The van der Waals surface area contributed by atoms with E-state index in [2.05, 4.69) is 158 Å². The van der Waals surface area contributed by atoms with Crippen molar-refractivity contribution in [2.24, 2.45) is 0 Å². The molecule has 0 unspecified atom stereocenters. The second kappa shape index (κ2) is 15.5. The molecule has 9 heteroatoms. The van der Waals surface area contributed by atoms with Crippen molar-refractivity contribution in [3.8, 4) is 30.0 Å². The van der Waals surface area contributed by atoms with Crippen molar-refractivity contribution >= 4 is 95.5 Å². The molecular weight excluding hydrogens is 820 g/mol. The van der Waals surface area contributed by atoms with Crippen molar-refractivity contribution in [3.05, 3.63) is 222 Å². The quantitative estimate of drug-likeness (QED) is 0.148. The Hall–Kier alpha value is -9.80. The predicted molar refractivity (Wildman–Crippen MR) is 269 cm³/mol. The summed E-state index contributed by atoms with van der Waals surface area (Å²) in [5, 5.41) is 45.6. The van der Waals surface area contributed by atoms with Gasteiger partial charge in [-0.1, -0.05) is 91.0 Å². The molecule has 0 saturated heterocycles. The Morgan fingerprint density at radius 2 is 0.806 bits per heavy atom. The molecule has 0 saturated carbocycles. The van der Waals surface area contributed by atoms with Gasteiger partial charge in [0.05, 0.1) is 56.5 Å². The number of para-hydroxylation sites is 5. The van der Waals surface area contributed by atoms with E-state index in [1.54, 1.807) is 24.3 Å². The molecule has 0 bridgehead atoms. The van der Waals surface area contributed by atoms with Crippen molar-refractivity contribution in [3.63, 3.8) is 0 Å². The molecule has 0 radical (unpaired) electrons. The highest BCUT2D eigenvalue weighted by Gasteiger charge is 2.38. The molecule has 0 aliphatic carbocycles. The maximum atomic E-state index is 10.9. The first-order valence-corrected chi connectivity index (χ1v) is 21.9. The molecule has 67 heavy (non-hydrogen) atoms. The monoisotopic (exact) mass is 852 g/mol. The van der Waals surface area contributed by atoms with Crippen molar-refractivity contribution in [1.29, 1.82) is 21.0 Å². The van der Waals surface area contributed by atoms with Crippen LogP contribution in [0.4, 0.5) is 34.1 Å². The van der Waals surface area contributed by atoms with E-state index >= 15 is 0 Å². The van der Waals surface area contributed by atoms with Crippen molar-refractivity contribution in [2.45, 2.75) is 0 Å². The van der Waals surface area contributed by atoms with Crippen LogP contribution in [-0.4, -0.2) is 15.9 Å². The van der Waals surface area contributed by atoms with E-state index in [0.717, 1.165) is 72.5 Å². The molecule has 0 spiro atoms. The zero-order valence-corrected chi connectivity index (χ0v) is 35.7. The SMILES string of the molecule is N#Cc1cc(C#N)c2c(c1)c1cc(C#N)cc(C#N)c1n2B1c2ccccc2-n2c3ccc(N(c4ccccc4)c4ccccc4)cc3c3cc(N(c4ccccc4)c4ccccc4)cc1c32. The molecule has 1 aliphatic rings. The Balaban J connectivity index is 1.26. The molecule has 12 rings (SSSR count). The fourth-order valence-electron chi connectivity index (χ4n) is 10.3. The van der Waals surface area contributed by atoms with Crippen LogP contribution in [0.1, 0.15) is 22.3 Å². The number of benzene rings is 9. The third kappa shape index (κ3) is 5.98. The Labute approximate surface area is 386 Å². The van der Waals surface area contributed by atoms with Gasteiger partial charge < -0.3 is 18.8 Å². The van der Waals surface area contributed by atoms with E-state index in [4.69, 9.17) is 0 Å². The van der Waals surface area contributed by atoms with Crippen LogP contribution in [0.3, 0.4) is 0 Å². The third-order valence-electron chi connectivity index (χ3n) is 12.9. The van der Waals surface area contributed by atoms with Crippen LogP contribution in [0.15, 0.2) is 200 Å². The van der Waals surface area contributed by atoms with Gasteiger partial charge in [0.1, 0.15) is 12.1 Å². The molecule has 2 aromatic heterocycles. The summed E-state index contributed by atoms with van der Waals surface area (Å²) in [6, 6.07) is 77.1. The smallest absolute Gasteiger partial charge is 0.332 e. The fraction of sp³-hybridized carbons (Fsp3) is 0. The van der Waals surface area contributed by atoms with E-state index in [1.165, 1.54) is 0 Å². The Morgan fingerprint density at radius 1 is 0.358 bits per heavy atom. The number of rotatable bonds is 7. The molecule has 0 fully saturated rings. The van der Waals surface area contributed by atoms with Gasteiger partial charge in [0.25, 0.3) is 0 Å². The van der Waals surface area contributed by atoms with Crippen LogP contribution < -0.4 is 20.7 Å². The highest BCUT2D eigenvalue weighted by atomic mass is 15.2. The summed E-state index contributed by atoms with van der Waals surface area (Å²) >= 11 is 0. The lowest BCUT2D eigenvalue weighted by Gasteiger charge is -2.31. The zero-order chi connectivity index (χ0) is 45.2. The summed E-state index contributed by atoms with van der Waals surface area (Å²) in [5.41, 5.74) is 13.2. The topological polar surface area (TPSA) is 112 Å². The first-order valence-electron chi connectivity index (χ1n) is 21.9. The standard InChI is InChI=1S/C58H33BN8/c60-34-38-27-40(36-62)56-49(29-38)50-30-39(35-61)28-41(37-63)57(50)67(56)59-52-23-13-14-24-55(52)66-54-26-25-46(64(42-15-5-1-6-16-42)43-17-7-2-8-18-43)31-48(54)51-32-47(33-53(59)58(51)66)65(44-19-9-3-10-20-44)45-21-11-4-12-22-45/h1-33H. The average molecular weight is 853 g/mol. The maximum Gasteiger partial charge on any atom is 0.332 e. The fourth-order valence-corrected chi connectivity index (χ4v) is 10.3.